The Balaban J connectivity index is 1.82. The first-order valence-corrected chi connectivity index (χ1v) is 8.93. The number of non-ortho nitro benzene ring substituents is 1. The van der Waals surface area contributed by atoms with Crippen molar-refractivity contribution in [3.8, 4) is 0 Å². The highest BCUT2D eigenvalue weighted by Gasteiger charge is 2.18. The first-order chi connectivity index (χ1) is 13.5. The molecule has 3 aromatic rings. The van der Waals surface area contributed by atoms with Gasteiger partial charge in [0.25, 0.3) is 5.69 Å². The minimum Gasteiger partial charge on any atom is -0.260 e. The van der Waals surface area contributed by atoms with Gasteiger partial charge in [-0.3, -0.25) is 15.5 Å². The fourth-order valence-electron chi connectivity index (χ4n) is 2.91. The molecule has 0 amide bonds. The van der Waals surface area contributed by atoms with E-state index in [0.717, 1.165) is 22.3 Å². The number of nitrogens with one attached hydrogen (secondary N) is 1. The van der Waals surface area contributed by atoms with Gasteiger partial charge >= 0.3 is 0 Å². The number of nitro groups is 1. The van der Waals surface area contributed by atoms with E-state index in [1.165, 1.54) is 12.1 Å². The molecule has 138 valence electrons. The number of nitro benzene ring substituents is 1. The van der Waals surface area contributed by atoms with Gasteiger partial charge in [0.15, 0.2) is 5.84 Å². The summed E-state index contributed by atoms with van der Waals surface area (Å²) < 4.78 is 0. The second kappa shape index (κ2) is 7.25. The van der Waals surface area contributed by atoms with Crippen molar-refractivity contribution in [2.75, 3.05) is 0 Å². The molecule has 1 aliphatic rings. The van der Waals surface area contributed by atoms with Gasteiger partial charge in [-0.15, -0.1) is 0 Å². The number of halogens is 1. The summed E-state index contributed by atoms with van der Waals surface area (Å²) in [7, 11) is 0. The monoisotopic (exact) mass is 390 g/mol. The number of aliphatic imine (C=N–C) groups is 1. The minimum absolute atomic E-state index is 0.0221. The predicted molar refractivity (Wildman–Crippen MR) is 111 cm³/mol. The first-order valence-electron chi connectivity index (χ1n) is 8.55. The summed E-state index contributed by atoms with van der Waals surface area (Å²) in [6, 6.07) is 19.6. The van der Waals surface area contributed by atoms with Crippen molar-refractivity contribution in [3.05, 3.63) is 104 Å². The zero-order chi connectivity index (χ0) is 19.7. The molecule has 0 atom stereocenters. The van der Waals surface area contributed by atoms with Crippen LogP contribution in [0.3, 0.4) is 0 Å². The molecule has 4 rings (SSSR count). The molecule has 0 aliphatic carbocycles. The average molecular weight is 391 g/mol. The van der Waals surface area contributed by atoms with E-state index >= 15 is 0 Å². The molecule has 3 aromatic carbocycles. The summed E-state index contributed by atoms with van der Waals surface area (Å²) in [5, 5.41) is 16.0. The Morgan fingerprint density at radius 2 is 1.64 bits per heavy atom. The predicted octanol–water partition coefficient (Wildman–Crippen LogP) is 4.99. The van der Waals surface area contributed by atoms with Crippen LogP contribution in [0.25, 0.3) is 0 Å². The number of hydrogen-bond donors (Lipinski definition) is 1. The van der Waals surface area contributed by atoms with Crippen LogP contribution in [0.1, 0.15) is 22.3 Å². The molecular formula is C21H15ClN4O2. The molecule has 1 aliphatic heterocycles. The molecule has 0 unspecified atom stereocenters. The highest BCUT2D eigenvalue weighted by molar-refractivity contribution is 6.31. The van der Waals surface area contributed by atoms with E-state index < -0.39 is 4.92 Å². The van der Waals surface area contributed by atoms with Gasteiger partial charge in [-0.2, -0.15) is 5.10 Å². The van der Waals surface area contributed by atoms with E-state index in [1.54, 1.807) is 24.3 Å². The van der Waals surface area contributed by atoms with Gasteiger partial charge in [0, 0.05) is 33.8 Å². The van der Waals surface area contributed by atoms with Gasteiger partial charge in [-0.05, 0) is 37.3 Å². The zero-order valence-electron chi connectivity index (χ0n) is 14.9. The van der Waals surface area contributed by atoms with Gasteiger partial charge in [-0.1, -0.05) is 41.4 Å². The third kappa shape index (κ3) is 3.50. The van der Waals surface area contributed by atoms with Crippen LogP contribution < -0.4 is 5.43 Å². The lowest BCUT2D eigenvalue weighted by Crippen LogP contribution is -2.19. The Kier molecular flexibility index (Phi) is 4.63. The molecule has 28 heavy (non-hydrogen) atoms. The van der Waals surface area contributed by atoms with Crippen molar-refractivity contribution < 1.29 is 4.92 Å². The summed E-state index contributed by atoms with van der Waals surface area (Å²) in [6.07, 6.45) is 0. The number of amidine groups is 1. The smallest absolute Gasteiger partial charge is 0.260 e. The summed E-state index contributed by atoms with van der Waals surface area (Å²) >= 11 is 6.21. The van der Waals surface area contributed by atoms with Crippen LogP contribution in [0.15, 0.2) is 76.8 Å². The number of hydrazone groups is 1. The third-order valence-corrected chi connectivity index (χ3v) is 4.63. The zero-order valence-corrected chi connectivity index (χ0v) is 15.6. The maximum atomic E-state index is 10.9. The molecule has 7 heteroatoms. The number of rotatable bonds is 3. The third-order valence-electron chi connectivity index (χ3n) is 4.40. The van der Waals surface area contributed by atoms with Crippen LogP contribution in [0.5, 0.6) is 0 Å². The lowest BCUT2D eigenvalue weighted by atomic mass is 10.0. The maximum Gasteiger partial charge on any atom is 0.269 e. The molecule has 6 nitrogen and oxygen atoms in total. The van der Waals surface area contributed by atoms with Gasteiger partial charge in [-0.25, -0.2) is 4.99 Å². The molecule has 0 saturated carbocycles. The lowest BCUT2D eigenvalue weighted by molar-refractivity contribution is -0.384. The van der Waals surface area contributed by atoms with Crippen molar-refractivity contribution in [2.45, 2.75) is 6.92 Å². The molecule has 1 heterocycles. The van der Waals surface area contributed by atoms with Crippen LogP contribution >= 0.6 is 11.6 Å². The number of aryl methyl sites for hydroxylation is 1. The van der Waals surface area contributed by atoms with E-state index in [-0.39, 0.29) is 5.69 Å². The van der Waals surface area contributed by atoms with Gasteiger partial charge in [0.1, 0.15) is 5.71 Å². The van der Waals surface area contributed by atoms with E-state index in [0.29, 0.717) is 22.3 Å². The second-order valence-corrected chi connectivity index (χ2v) is 6.80. The van der Waals surface area contributed by atoms with Gasteiger partial charge in [0.05, 0.1) is 10.6 Å². The number of benzene rings is 3. The Bertz CT molecular complexity index is 1120. The Morgan fingerprint density at radius 3 is 2.32 bits per heavy atom. The molecule has 0 spiro atoms. The standard InChI is InChI=1S/C21H15ClN4O2/c1-13-2-4-15(5-3-13)21-23-19-11-8-16(22)12-18(19)20(24-25-21)14-6-9-17(10-7-14)26(27)28/h2-12H,1H3,(H,23,25). The fraction of sp³-hybridized carbons (Fsp3) is 0.0476. The van der Waals surface area contributed by atoms with E-state index in [9.17, 15) is 10.1 Å². The minimum atomic E-state index is -0.430. The van der Waals surface area contributed by atoms with E-state index in [2.05, 4.69) is 10.5 Å². The highest BCUT2D eigenvalue weighted by atomic mass is 35.5. The number of hydrogen-bond acceptors (Lipinski definition) is 5. The molecule has 0 aromatic heterocycles. The fourth-order valence-corrected chi connectivity index (χ4v) is 3.08. The van der Waals surface area contributed by atoms with Crippen molar-refractivity contribution >= 4 is 34.5 Å². The quantitative estimate of drug-likeness (QED) is 0.505. The second-order valence-electron chi connectivity index (χ2n) is 6.36. The van der Waals surface area contributed by atoms with Crippen molar-refractivity contribution in [1.82, 2.24) is 5.43 Å². The molecular weight excluding hydrogens is 376 g/mol. The van der Waals surface area contributed by atoms with Crippen molar-refractivity contribution in [1.29, 1.82) is 0 Å². The summed E-state index contributed by atoms with van der Waals surface area (Å²) in [5.74, 6) is 0.612. The molecule has 0 bridgehead atoms. The highest BCUT2D eigenvalue weighted by Crippen LogP contribution is 2.29. The molecule has 0 saturated heterocycles. The summed E-state index contributed by atoms with van der Waals surface area (Å²) in [5.41, 5.74) is 7.90. The summed E-state index contributed by atoms with van der Waals surface area (Å²) in [4.78, 5) is 15.2. The number of fused-ring (bicyclic) bond motifs is 1. The Labute approximate surface area is 166 Å². The van der Waals surface area contributed by atoms with Crippen LogP contribution in [0, 0.1) is 17.0 Å². The average Bonchev–Trinajstić information content (AvgIpc) is 2.88. The van der Waals surface area contributed by atoms with Crippen LogP contribution in [0.4, 0.5) is 11.4 Å². The van der Waals surface area contributed by atoms with E-state index in [1.807, 2.05) is 37.3 Å². The number of nitrogens with zero attached hydrogens (tertiary/aromatic N) is 3. The molecule has 0 fully saturated rings. The van der Waals surface area contributed by atoms with Crippen LogP contribution in [-0.2, 0) is 0 Å². The SMILES string of the molecule is Cc1ccc(C2=Nc3ccc(Cl)cc3C(c3ccc([N+](=O)[O-])cc3)=NN2)cc1. The molecule has 1 N–H and O–H groups in total. The van der Waals surface area contributed by atoms with Crippen LogP contribution in [0.2, 0.25) is 5.02 Å². The van der Waals surface area contributed by atoms with Gasteiger partial charge in [0.2, 0.25) is 0 Å². The Morgan fingerprint density at radius 1 is 0.964 bits per heavy atom. The normalized spacial score (nSPS) is 12.9. The van der Waals surface area contributed by atoms with E-state index in [4.69, 9.17) is 16.6 Å². The van der Waals surface area contributed by atoms with Crippen LogP contribution in [-0.4, -0.2) is 16.5 Å². The first kappa shape index (κ1) is 17.9. The van der Waals surface area contributed by atoms with Crippen molar-refractivity contribution in [2.24, 2.45) is 10.1 Å². The Hall–Kier alpha value is -3.51. The topological polar surface area (TPSA) is 79.9 Å². The maximum absolute atomic E-state index is 10.9. The van der Waals surface area contributed by atoms with Crippen molar-refractivity contribution in [3.63, 3.8) is 0 Å². The largest absolute Gasteiger partial charge is 0.269 e. The molecule has 0 radical (unpaired) electrons. The van der Waals surface area contributed by atoms with Gasteiger partial charge < -0.3 is 0 Å². The lowest BCUT2D eigenvalue weighted by Gasteiger charge is -2.08. The summed E-state index contributed by atoms with van der Waals surface area (Å²) in [6.45, 7) is 2.02.